The van der Waals surface area contributed by atoms with E-state index in [4.69, 9.17) is 5.11 Å². The molecule has 0 aliphatic heterocycles. The van der Waals surface area contributed by atoms with Gasteiger partial charge in [-0.15, -0.1) is 0 Å². The third-order valence-electron chi connectivity index (χ3n) is 2.32. The van der Waals surface area contributed by atoms with Crippen molar-refractivity contribution in [3.63, 3.8) is 0 Å². The van der Waals surface area contributed by atoms with Gasteiger partial charge in [0.1, 0.15) is 5.82 Å². The van der Waals surface area contributed by atoms with Gasteiger partial charge in [0.15, 0.2) is 5.69 Å². The van der Waals surface area contributed by atoms with E-state index in [-0.39, 0.29) is 22.3 Å². The van der Waals surface area contributed by atoms with E-state index in [1.54, 1.807) is 0 Å². The van der Waals surface area contributed by atoms with E-state index in [0.717, 1.165) is 18.2 Å². The molecular weight excluding hydrogens is 249 g/mol. The van der Waals surface area contributed by atoms with Crippen molar-refractivity contribution >= 4 is 16.9 Å². The van der Waals surface area contributed by atoms with Crippen LogP contribution in [0.3, 0.4) is 0 Å². The number of rotatable bonds is 1. The number of aromatic nitrogens is 2. The predicted octanol–water partition coefficient (Wildman–Crippen LogP) is 2.66. The molecule has 0 radical (unpaired) electrons. The van der Waals surface area contributed by atoms with Gasteiger partial charge in [-0.2, -0.15) is 13.2 Å². The van der Waals surface area contributed by atoms with Crippen LogP contribution < -0.4 is 0 Å². The van der Waals surface area contributed by atoms with Crippen LogP contribution in [0.25, 0.3) is 10.9 Å². The number of hydrogen-bond donors (Lipinski definition) is 1. The highest BCUT2D eigenvalue weighted by Gasteiger charge is 2.35. The molecule has 0 atom stereocenters. The van der Waals surface area contributed by atoms with Crippen LogP contribution in [0.5, 0.6) is 0 Å². The smallest absolute Gasteiger partial charge is 0.434 e. The highest BCUT2D eigenvalue weighted by atomic mass is 19.4. The first kappa shape index (κ1) is 12.3. The molecule has 7 heteroatoms. The van der Waals surface area contributed by atoms with Crippen LogP contribution >= 0.6 is 0 Å². The minimum absolute atomic E-state index is 0.0327. The molecule has 0 aliphatic rings. The summed E-state index contributed by atoms with van der Waals surface area (Å²) in [7, 11) is 0. The number of hydrogen-bond acceptors (Lipinski definition) is 3. The minimum atomic E-state index is -4.60. The monoisotopic (exact) mass is 256 g/mol. The quantitative estimate of drug-likeness (QED) is 0.851. The fraction of sp³-hybridized carbons (Fsp3) is 0.182. The van der Waals surface area contributed by atoms with Gasteiger partial charge >= 0.3 is 12.1 Å². The maximum Gasteiger partial charge on any atom is 0.434 e. The molecule has 0 fully saturated rings. The Kier molecular flexibility index (Phi) is 2.68. The first-order valence-corrected chi connectivity index (χ1v) is 4.88. The van der Waals surface area contributed by atoms with Crippen molar-refractivity contribution in [3.05, 3.63) is 35.3 Å². The van der Waals surface area contributed by atoms with Gasteiger partial charge in [-0.25, -0.2) is 14.8 Å². The van der Waals surface area contributed by atoms with Gasteiger partial charge < -0.3 is 5.11 Å². The maximum atomic E-state index is 12.8. The van der Waals surface area contributed by atoms with Crippen LogP contribution in [-0.2, 0) is 6.18 Å². The van der Waals surface area contributed by atoms with Gasteiger partial charge in [0.25, 0.3) is 0 Å². The second-order valence-corrected chi connectivity index (χ2v) is 3.65. The number of nitrogens with zero attached hydrogens (tertiary/aromatic N) is 2. The van der Waals surface area contributed by atoms with E-state index in [0.29, 0.717) is 0 Å². The van der Waals surface area contributed by atoms with Gasteiger partial charge in [0.2, 0.25) is 0 Å². The molecule has 1 heterocycles. The van der Waals surface area contributed by atoms with Crippen LogP contribution in [0.4, 0.5) is 13.2 Å². The van der Waals surface area contributed by atoms with Crippen LogP contribution in [0.1, 0.15) is 21.9 Å². The number of carbonyl (C=O) groups is 1. The molecule has 0 aliphatic carbocycles. The van der Waals surface area contributed by atoms with Crippen molar-refractivity contribution in [2.24, 2.45) is 0 Å². The third kappa shape index (κ3) is 2.11. The van der Waals surface area contributed by atoms with Crippen molar-refractivity contribution in [2.75, 3.05) is 0 Å². The predicted molar refractivity (Wildman–Crippen MR) is 56.2 cm³/mol. The zero-order valence-corrected chi connectivity index (χ0v) is 9.12. The summed E-state index contributed by atoms with van der Waals surface area (Å²) in [5.74, 6) is -1.28. The number of carboxylic acids is 1. The second kappa shape index (κ2) is 3.94. The van der Waals surface area contributed by atoms with Crippen molar-refractivity contribution in [1.29, 1.82) is 0 Å². The molecule has 18 heavy (non-hydrogen) atoms. The highest BCUT2D eigenvalue weighted by Crippen LogP contribution is 2.33. The van der Waals surface area contributed by atoms with E-state index in [2.05, 4.69) is 9.97 Å². The third-order valence-corrected chi connectivity index (χ3v) is 2.32. The summed E-state index contributed by atoms with van der Waals surface area (Å²) in [6, 6.07) is 3.27. The Balaban J connectivity index is 2.79. The number of aromatic carboxylic acids is 1. The Hall–Kier alpha value is -2.18. The zero-order chi connectivity index (χ0) is 13.5. The second-order valence-electron chi connectivity index (χ2n) is 3.65. The molecule has 1 aromatic carbocycles. The number of fused-ring (bicyclic) bond motifs is 1. The van der Waals surface area contributed by atoms with Crippen LogP contribution in [-0.4, -0.2) is 21.0 Å². The van der Waals surface area contributed by atoms with Gasteiger partial charge in [0.05, 0.1) is 11.1 Å². The van der Waals surface area contributed by atoms with E-state index < -0.39 is 17.8 Å². The standard InChI is InChI=1S/C11H7F3N2O2/c1-5-15-8-4-6(10(17)18)2-3-7(8)9(16-5)11(12,13)14/h2-4H,1H3,(H,17,18). The molecule has 94 valence electrons. The van der Waals surface area contributed by atoms with E-state index in [1.807, 2.05) is 0 Å². The first-order valence-electron chi connectivity index (χ1n) is 4.88. The Morgan fingerprint density at radius 1 is 1.28 bits per heavy atom. The van der Waals surface area contributed by atoms with Crippen molar-refractivity contribution < 1.29 is 23.1 Å². The lowest BCUT2D eigenvalue weighted by atomic mass is 10.1. The molecule has 1 aromatic heterocycles. The first-order chi connectivity index (χ1) is 8.29. The number of alkyl halides is 3. The van der Waals surface area contributed by atoms with Crippen molar-refractivity contribution in [3.8, 4) is 0 Å². The molecule has 0 saturated carbocycles. The summed E-state index contributed by atoms with van der Waals surface area (Å²) in [5, 5.41) is 8.57. The topological polar surface area (TPSA) is 63.1 Å². The summed E-state index contributed by atoms with van der Waals surface area (Å²) >= 11 is 0. The molecule has 0 saturated heterocycles. The molecule has 0 bridgehead atoms. The molecule has 2 rings (SSSR count). The number of aryl methyl sites for hydroxylation is 1. The maximum absolute atomic E-state index is 12.8. The SMILES string of the molecule is Cc1nc(C(F)(F)F)c2ccc(C(=O)O)cc2n1. The lowest BCUT2D eigenvalue weighted by Crippen LogP contribution is -2.11. The normalized spacial score (nSPS) is 11.8. The Morgan fingerprint density at radius 3 is 2.50 bits per heavy atom. The lowest BCUT2D eigenvalue weighted by molar-refractivity contribution is -0.139. The number of halogens is 3. The molecule has 0 spiro atoms. The van der Waals surface area contributed by atoms with Gasteiger partial charge in [-0.3, -0.25) is 0 Å². The number of benzene rings is 1. The largest absolute Gasteiger partial charge is 0.478 e. The van der Waals surface area contributed by atoms with Crippen LogP contribution in [0, 0.1) is 6.92 Å². The average Bonchev–Trinajstić information content (AvgIpc) is 2.25. The van der Waals surface area contributed by atoms with Crippen LogP contribution in [0.2, 0.25) is 0 Å². The van der Waals surface area contributed by atoms with Gasteiger partial charge in [-0.1, -0.05) is 0 Å². The summed E-state index contributed by atoms with van der Waals surface area (Å²) in [4.78, 5) is 17.9. The van der Waals surface area contributed by atoms with E-state index >= 15 is 0 Å². The molecule has 0 amide bonds. The number of carboxylic acid groups (broad SMARTS) is 1. The Labute approximate surface area is 99.1 Å². The molecule has 4 nitrogen and oxygen atoms in total. The molecule has 0 unspecified atom stereocenters. The highest BCUT2D eigenvalue weighted by molar-refractivity contribution is 5.93. The van der Waals surface area contributed by atoms with Gasteiger partial charge in [-0.05, 0) is 25.1 Å². The fourth-order valence-electron chi connectivity index (χ4n) is 1.59. The zero-order valence-electron chi connectivity index (χ0n) is 9.12. The summed E-state index contributed by atoms with van der Waals surface area (Å²) in [6.45, 7) is 1.32. The van der Waals surface area contributed by atoms with Crippen molar-refractivity contribution in [2.45, 2.75) is 13.1 Å². The van der Waals surface area contributed by atoms with Crippen molar-refractivity contribution in [1.82, 2.24) is 9.97 Å². The van der Waals surface area contributed by atoms with E-state index in [9.17, 15) is 18.0 Å². The lowest BCUT2D eigenvalue weighted by Gasteiger charge is -2.10. The van der Waals surface area contributed by atoms with Gasteiger partial charge in [0, 0.05) is 5.39 Å². The molecular formula is C11H7F3N2O2. The van der Waals surface area contributed by atoms with Crippen LogP contribution in [0.15, 0.2) is 18.2 Å². The molecule has 1 N–H and O–H groups in total. The Bertz CT molecular complexity index is 638. The summed E-state index contributed by atoms with van der Waals surface area (Å²) in [5.41, 5.74) is -1.20. The summed E-state index contributed by atoms with van der Waals surface area (Å²) < 4.78 is 38.3. The fourth-order valence-corrected chi connectivity index (χ4v) is 1.59. The minimum Gasteiger partial charge on any atom is -0.478 e. The Morgan fingerprint density at radius 2 is 1.94 bits per heavy atom. The molecule has 2 aromatic rings. The summed E-state index contributed by atoms with van der Waals surface area (Å²) in [6.07, 6.45) is -4.60. The van der Waals surface area contributed by atoms with E-state index in [1.165, 1.54) is 6.92 Å². The average molecular weight is 256 g/mol.